The molecule has 19 heavy (non-hydrogen) atoms. The van der Waals surface area contributed by atoms with Crippen molar-refractivity contribution in [2.45, 2.75) is 11.3 Å². The van der Waals surface area contributed by atoms with Gasteiger partial charge in [0.25, 0.3) is 0 Å². The molecule has 0 atom stereocenters. The van der Waals surface area contributed by atoms with Crippen LogP contribution in [0.15, 0.2) is 23.1 Å². The lowest BCUT2D eigenvalue weighted by Gasteiger charge is -2.19. The van der Waals surface area contributed by atoms with E-state index in [4.69, 9.17) is 17.3 Å². The van der Waals surface area contributed by atoms with Gasteiger partial charge in [-0.25, -0.2) is 12.7 Å². The van der Waals surface area contributed by atoms with E-state index in [1.165, 1.54) is 22.5 Å². The van der Waals surface area contributed by atoms with Gasteiger partial charge in [-0.2, -0.15) is 0 Å². The largest absolute Gasteiger partial charge is 0.398 e. The van der Waals surface area contributed by atoms with E-state index in [0.29, 0.717) is 11.6 Å². The normalized spacial score (nSPS) is 12.3. The van der Waals surface area contributed by atoms with E-state index < -0.39 is 10.0 Å². The number of hydrogen-bond donors (Lipinski definition) is 1. The van der Waals surface area contributed by atoms with Gasteiger partial charge in [0.1, 0.15) is 4.90 Å². The fourth-order valence-electron chi connectivity index (χ4n) is 1.65. The lowest BCUT2D eigenvalue weighted by molar-refractivity contribution is 0.370. The highest BCUT2D eigenvalue weighted by atomic mass is 35.5. The molecule has 0 unspecified atom stereocenters. The fraction of sp³-hybridized carbons (Fsp3) is 0.500. The van der Waals surface area contributed by atoms with Crippen LogP contribution in [-0.2, 0) is 10.0 Å². The average molecular weight is 306 g/mol. The summed E-state index contributed by atoms with van der Waals surface area (Å²) in [5.74, 6) is 0. The molecule has 0 saturated heterocycles. The summed E-state index contributed by atoms with van der Waals surface area (Å²) in [6.07, 6.45) is 0.760. The number of hydrogen-bond acceptors (Lipinski definition) is 4. The van der Waals surface area contributed by atoms with E-state index in [9.17, 15) is 8.42 Å². The Morgan fingerprint density at radius 2 is 1.84 bits per heavy atom. The molecular weight excluding hydrogens is 286 g/mol. The van der Waals surface area contributed by atoms with E-state index in [1.807, 2.05) is 19.0 Å². The van der Waals surface area contributed by atoms with Crippen molar-refractivity contribution in [2.75, 3.05) is 40.0 Å². The Morgan fingerprint density at radius 1 is 1.21 bits per heavy atom. The van der Waals surface area contributed by atoms with Gasteiger partial charge in [0, 0.05) is 18.6 Å². The molecule has 0 aromatic heterocycles. The van der Waals surface area contributed by atoms with Crippen molar-refractivity contribution in [3.05, 3.63) is 23.2 Å². The minimum atomic E-state index is -3.55. The molecule has 0 saturated carbocycles. The molecule has 0 radical (unpaired) electrons. The first kappa shape index (κ1) is 16.2. The van der Waals surface area contributed by atoms with E-state index >= 15 is 0 Å². The lowest BCUT2D eigenvalue weighted by Crippen LogP contribution is -2.30. The molecule has 0 aliphatic rings. The van der Waals surface area contributed by atoms with E-state index in [1.54, 1.807) is 7.05 Å². The molecule has 0 heterocycles. The van der Waals surface area contributed by atoms with Crippen LogP contribution in [0.4, 0.5) is 5.69 Å². The highest BCUT2D eigenvalue weighted by Gasteiger charge is 2.22. The van der Waals surface area contributed by atoms with Crippen LogP contribution >= 0.6 is 11.6 Å². The van der Waals surface area contributed by atoms with Gasteiger partial charge in [-0.05, 0) is 45.3 Å². The van der Waals surface area contributed by atoms with Crippen molar-refractivity contribution in [3.63, 3.8) is 0 Å². The molecule has 1 aromatic carbocycles. The summed E-state index contributed by atoms with van der Waals surface area (Å²) in [6.45, 7) is 1.28. The van der Waals surface area contributed by atoms with E-state index in [-0.39, 0.29) is 10.6 Å². The van der Waals surface area contributed by atoms with Crippen LogP contribution < -0.4 is 5.73 Å². The summed E-state index contributed by atoms with van der Waals surface area (Å²) in [5, 5.41) is 0.423. The number of nitrogen functional groups attached to an aromatic ring is 1. The van der Waals surface area contributed by atoms with Gasteiger partial charge in [0.2, 0.25) is 10.0 Å². The van der Waals surface area contributed by atoms with E-state index in [0.717, 1.165) is 13.0 Å². The van der Waals surface area contributed by atoms with Gasteiger partial charge in [-0.3, -0.25) is 0 Å². The van der Waals surface area contributed by atoms with Crippen LogP contribution in [0.1, 0.15) is 6.42 Å². The van der Waals surface area contributed by atoms with Crippen molar-refractivity contribution in [1.29, 1.82) is 0 Å². The Hall–Kier alpha value is -0.820. The average Bonchev–Trinajstić information content (AvgIpc) is 2.27. The fourth-order valence-corrected chi connectivity index (χ4v) is 3.13. The third-order valence-electron chi connectivity index (χ3n) is 2.74. The maximum atomic E-state index is 12.3. The van der Waals surface area contributed by atoms with Gasteiger partial charge < -0.3 is 10.6 Å². The number of rotatable bonds is 6. The molecule has 7 heteroatoms. The van der Waals surface area contributed by atoms with Gasteiger partial charge in [-0.1, -0.05) is 11.6 Å². The highest BCUT2D eigenvalue weighted by molar-refractivity contribution is 7.89. The highest BCUT2D eigenvalue weighted by Crippen LogP contribution is 2.24. The minimum absolute atomic E-state index is 0.101. The smallest absolute Gasteiger partial charge is 0.244 e. The SMILES string of the molecule is CN(C)CCCN(C)S(=O)(=O)c1ccc(Cl)cc1N. The van der Waals surface area contributed by atoms with Crippen LogP contribution in [0, 0.1) is 0 Å². The third-order valence-corrected chi connectivity index (χ3v) is 4.90. The molecule has 0 fully saturated rings. The van der Waals surface area contributed by atoms with Crippen molar-refractivity contribution >= 4 is 27.3 Å². The Labute approximate surface area is 120 Å². The minimum Gasteiger partial charge on any atom is -0.398 e. The predicted molar refractivity (Wildman–Crippen MR) is 78.9 cm³/mol. The number of nitrogens with zero attached hydrogens (tertiary/aromatic N) is 2. The van der Waals surface area contributed by atoms with Crippen LogP contribution in [0.25, 0.3) is 0 Å². The number of halogens is 1. The zero-order chi connectivity index (χ0) is 14.6. The zero-order valence-electron chi connectivity index (χ0n) is 11.4. The van der Waals surface area contributed by atoms with Crippen molar-refractivity contribution in [1.82, 2.24) is 9.21 Å². The molecule has 0 bridgehead atoms. The van der Waals surface area contributed by atoms with Crippen LogP contribution in [0.5, 0.6) is 0 Å². The Morgan fingerprint density at radius 3 is 2.37 bits per heavy atom. The molecule has 5 nitrogen and oxygen atoms in total. The number of anilines is 1. The number of sulfonamides is 1. The van der Waals surface area contributed by atoms with Crippen LogP contribution in [0.3, 0.4) is 0 Å². The summed E-state index contributed by atoms with van der Waals surface area (Å²) < 4.78 is 26.0. The Bertz CT molecular complexity index is 532. The molecule has 108 valence electrons. The standard InChI is InChI=1S/C12H20ClN3O2S/c1-15(2)7-4-8-16(3)19(17,18)12-6-5-10(13)9-11(12)14/h5-6,9H,4,7-8,14H2,1-3H3. The van der Waals surface area contributed by atoms with Crippen LogP contribution in [-0.4, -0.2) is 51.9 Å². The molecule has 0 amide bonds. The predicted octanol–water partition coefficient (Wildman–Crippen LogP) is 1.49. The van der Waals surface area contributed by atoms with Crippen molar-refractivity contribution < 1.29 is 8.42 Å². The Kier molecular flexibility index (Phi) is 5.61. The molecule has 2 N–H and O–H groups in total. The summed E-state index contributed by atoms with van der Waals surface area (Å²) in [5.41, 5.74) is 5.90. The summed E-state index contributed by atoms with van der Waals surface area (Å²) >= 11 is 5.77. The second kappa shape index (κ2) is 6.56. The van der Waals surface area contributed by atoms with Gasteiger partial charge in [-0.15, -0.1) is 0 Å². The summed E-state index contributed by atoms with van der Waals surface area (Å²) in [7, 11) is 1.90. The molecular formula is C12H20ClN3O2S. The maximum Gasteiger partial charge on any atom is 0.244 e. The maximum absolute atomic E-state index is 12.3. The monoisotopic (exact) mass is 305 g/mol. The zero-order valence-corrected chi connectivity index (χ0v) is 13.0. The second-order valence-corrected chi connectivity index (χ2v) is 7.12. The van der Waals surface area contributed by atoms with Crippen molar-refractivity contribution in [2.24, 2.45) is 0 Å². The third kappa shape index (κ3) is 4.35. The van der Waals surface area contributed by atoms with Gasteiger partial charge in [0.15, 0.2) is 0 Å². The van der Waals surface area contributed by atoms with E-state index in [2.05, 4.69) is 0 Å². The topological polar surface area (TPSA) is 66.6 Å². The number of nitrogens with two attached hydrogens (primary N) is 1. The lowest BCUT2D eigenvalue weighted by atomic mass is 10.3. The molecule has 1 rings (SSSR count). The summed E-state index contributed by atoms with van der Waals surface area (Å²) in [4.78, 5) is 2.11. The molecule has 0 aliphatic heterocycles. The Balaban J connectivity index is 2.85. The quantitative estimate of drug-likeness (QED) is 0.809. The molecule has 0 spiro atoms. The second-order valence-electron chi connectivity index (χ2n) is 4.67. The van der Waals surface area contributed by atoms with Gasteiger partial charge >= 0.3 is 0 Å². The first-order valence-electron chi connectivity index (χ1n) is 5.91. The number of benzene rings is 1. The molecule has 0 aliphatic carbocycles. The first-order valence-corrected chi connectivity index (χ1v) is 7.73. The van der Waals surface area contributed by atoms with Crippen molar-refractivity contribution in [3.8, 4) is 0 Å². The first-order chi connectivity index (χ1) is 8.75. The summed E-state index contributed by atoms with van der Waals surface area (Å²) in [6, 6.07) is 4.41. The van der Waals surface area contributed by atoms with Gasteiger partial charge in [0.05, 0.1) is 5.69 Å². The molecule has 1 aromatic rings. The van der Waals surface area contributed by atoms with Crippen LogP contribution in [0.2, 0.25) is 5.02 Å².